The summed E-state index contributed by atoms with van der Waals surface area (Å²) in [5, 5.41) is 0. The van der Waals surface area contributed by atoms with Gasteiger partial charge in [0.15, 0.2) is 0 Å². The molecule has 0 aliphatic rings. The monoisotopic (exact) mass is 236 g/mol. The lowest BCUT2D eigenvalue weighted by Crippen LogP contribution is -2.23. The predicted octanol–water partition coefficient (Wildman–Crippen LogP) is 1.87. The van der Waals surface area contributed by atoms with E-state index in [4.69, 9.17) is 10.5 Å². The summed E-state index contributed by atoms with van der Waals surface area (Å²) in [7, 11) is 2.12. The first-order valence-corrected chi connectivity index (χ1v) is 6.33. The Hall–Kier alpha value is -0.900. The molecule has 0 radical (unpaired) electrons. The average molecular weight is 236 g/mol. The maximum Gasteiger partial charge on any atom is 0.0593 e. The molecule has 0 saturated carbocycles. The van der Waals surface area contributed by atoms with E-state index in [1.807, 2.05) is 6.07 Å². The molecule has 0 bridgehead atoms. The van der Waals surface area contributed by atoms with Crippen molar-refractivity contribution >= 4 is 0 Å². The largest absolute Gasteiger partial charge is 0.380 e. The van der Waals surface area contributed by atoms with Crippen LogP contribution in [0, 0.1) is 0 Å². The van der Waals surface area contributed by atoms with E-state index >= 15 is 0 Å². The molecule has 0 aliphatic heterocycles. The summed E-state index contributed by atoms with van der Waals surface area (Å²) in [6.45, 7) is 4.34. The Morgan fingerprint density at radius 3 is 2.59 bits per heavy atom. The van der Waals surface area contributed by atoms with Crippen LogP contribution >= 0.6 is 0 Å². The number of hydrogen-bond acceptors (Lipinski definition) is 3. The van der Waals surface area contributed by atoms with Crippen LogP contribution in [0.1, 0.15) is 18.4 Å². The zero-order valence-corrected chi connectivity index (χ0v) is 10.8. The maximum atomic E-state index is 5.55. The van der Waals surface area contributed by atoms with E-state index in [0.717, 1.165) is 45.7 Å². The minimum Gasteiger partial charge on any atom is -0.380 e. The molecule has 3 nitrogen and oxygen atoms in total. The summed E-state index contributed by atoms with van der Waals surface area (Å²) in [5.74, 6) is 0. The Morgan fingerprint density at radius 1 is 1.12 bits per heavy atom. The van der Waals surface area contributed by atoms with Gasteiger partial charge in [0.05, 0.1) is 6.61 Å². The van der Waals surface area contributed by atoms with Gasteiger partial charge in [0.1, 0.15) is 0 Å². The van der Waals surface area contributed by atoms with E-state index in [9.17, 15) is 0 Å². The highest BCUT2D eigenvalue weighted by atomic mass is 16.5. The molecule has 0 aromatic heterocycles. The van der Waals surface area contributed by atoms with E-state index in [-0.39, 0.29) is 0 Å². The van der Waals surface area contributed by atoms with Crippen molar-refractivity contribution in [2.75, 3.05) is 33.4 Å². The Morgan fingerprint density at radius 2 is 1.88 bits per heavy atom. The fourth-order valence-corrected chi connectivity index (χ4v) is 1.65. The number of nitrogens with two attached hydrogens (primary N) is 1. The first kappa shape index (κ1) is 14.2. The number of nitrogens with zero attached hydrogens (tertiary/aromatic N) is 1. The number of ether oxygens (including phenoxy) is 1. The third kappa shape index (κ3) is 7.10. The molecule has 1 aromatic carbocycles. The van der Waals surface area contributed by atoms with Crippen LogP contribution in [0.15, 0.2) is 30.3 Å². The zero-order valence-electron chi connectivity index (χ0n) is 10.8. The minimum absolute atomic E-state index is 0.761. The molecule has 17 heavy (non-hydrogen) atoms. The Bertz CT molecular complexity index is 277. The van der Waals surface area contributed by atoms with E-state index in [1.54, 1.807) is 0 Å². The summed E-state index contributed by atoms with van der Waals surface area (Å²) in [6, 6.07) is 10.5. The zero-order chi connectivity index (χ0) is 12.3. The van der Waals surface area contributed by atoms with Crippen molar-refractivity contribution in [1.82, 2.24) is 4.90 Å². The van der Waals surface area contributed by atoms with Crippen LogP contribution in [0.4, 0.5) is 0 Å². The summed E-state index contributed by atoms with van der Waals surface area (Å²) >= 11 is 0. The molecular formula is C14H24N2O. The van der Waals surface area contributed by atoms with Crippen LogP contribution in [-0.2, 0) is 11.3 Å². The van der Waals surface area contributed by atoms with Gasteiger partial charge in [-0.25, -0.2) is 0 Å². The first-order chi connectivity index (χ1) is 8.33. The molecule has 96 valence electrons. The molecule has 3 heteroatoms. The van der Waals surface area contributed by atoms with Crippen molar-refractivity contribution in [1.29, 1.82) is 0 Å². The third-order valence-corrected chi connectivity index (χ3v) is 2.66. The minimum atomic E-state index is 0.761. The second-order valence-electron chi connectivity index (χ2n) is 4.33. The lowest BCUT2D eigenvalue weighted by atomic mass is 10.2. The van der Waals surface area contributed by atoms with Crippen LogP contribution in [-0.4, -0.2) is 38.3 Å². The standard InChI is InChI=1S/C14H24N2O/c1-16(10-12-17-11-6-5-9-15)13-14-7-3-2-4-8-14/h2-4,7-8H,5-6,9-13,15H2,1H3. The Balaban J connectivity index is 2.03. The number of benzene rings is 1. The van der Waals surface area contributed by atoms with Crippen molar-refractivity contribution in [3.63, 3.8) is 0 Å². The molecule has 0 amide bonds. The molecule has 0 aliphatic carbocycles. The molecule has 0 spiro atoms. The van der Waals surface area contributed by atoms with E-state index in [1.165, 1.54) is 5.56 Å². The highest BCUT2D eigenvalue weighted by molar-refractivity contribution is 5.14. The highest BCUT2D eigenvalue weighted by Gasteiger charge is 1.99. The van der Waals surface area contributed by atoms with Gasteiger partial charge in [0.25, 0.3) is 0 Å². The summed E-state index contributed by atoms with van der Waals surface area (Å²) < 4.78 is 5.55. The summed E-state index contributed by atoms with van der Waals surface area (Å²) in [6.07, 6.45) is 2.12. The van der Waals surface area contributed by atoms with Crippen molar-refractivity contribution < 1.29 is 4.74 Å². The smallest absolute Gasteiger partial charge is 0.0593 e. The quantitative estimate of drug-likeness (QED) is 0.665. The van der Waals surface area contributed by atoms with Crippen LogP contribution in [0.5, 0.6) is 0 Å². The second kappa shape index (κ2) is 9.16. The van der Waals surface area contributed by atoms with Gasteiger partial charge >= 0.3 is 0 Å². The van der Waals surface area contributed by atoms with Crippen molar-refractivity contribution in [3.05, 3.63) is 35.9 Å². The maximum absolute atomic E-state index is 5.55. The molecule has 1 rings (SSSR count). The van der Waals surface area contributed by atoms with Gasteiger partial charge < -0.3 is 10.5 Å². The SMILES string of the molecule is CN(CCOCCCCN)Cc1ccccc1. The topological polar surface area (TPSA) is 38.5 Å². The summed E-state index contributed by atoms with van der Waals surface area (Å²) in [4.78, 5) is 2.28. The molecule has 2 N–H and O–H groups in total. The van der Waals surface area contributed by atoms with Crippen molar-refractivity contribution in [2.45, 2.75) is 19.4 Å². The Kier molecular flexibility index (Phi) is 7.63. The fraction of sp³-hybridized carbons (Fsp3) is 0.571. The van der Waals surface area contributed by atoms with Gasteiger partial charge in [-0.1, -0.05) is 30.3 Å². The van der Waals surface area contributed by atoms with E-state index in [2.05, 4.69) is 36.2 Å². The van der Waals surface area contributed by atoms with Crippen LogP contribution in [0.2, 0.25) is 0 Å². The second-order valence-corrected chi connectivity index (χ2v) is 4.33. The lowest BCUT2D eigenvalue weighted by molar-refractivity contribution is 0.107. The molecular weight excluding hydrogens is 212 g/mol. The molecule has 0 fully saturated rings. The third-order valence-electron chi connectivity index (χ3n) is 2.66. The number of hydrogen-bond donors (Lipinski definition) is 1. The van der Waals surface area contributed by atoms with Gasteiger partial charge in [-0.15, -0.1) is 0 Å². The van der Waals surface area contributed by atoms with Gasteiger partial charge in [-0.3, -0.25) is 4.90 Å². The molecule has 0 heterocycles. The van der Waals surface area contributed by atoms with Crippen molar-refractivity contribution in [2.24, 2.45) is 5.73 Å². The van der Waals surface area contributed by atoms with Gasteiger partial charge in [0.2, 0.25) is 0 Å². The molecule has 0 atom stereocenters. The van der Waals surface area contributed by atoms with E-state index < -0.39 is 0 Å². The molecule has 1 aromatic rings. The Labute approximate surface area is 105 Å². The van der Waals surface area contributed by atoms with Gasteiger partial charge in [-0.2, -0.15) is 0 Å². The summed E-state index contributed by atoms with van der Waals surface area (Å²) in [5.41, 5.74) is 6.76. The lowest BCUT2D eigenvalue weighted by Gasteiger charge is -2.16. The van der Waals surface area contributed by atoms with Gasteiger partial charge in [-0.05, 0) is 32.0 Å². The first-order valence-electron chi connectivity index (χ1n) is 6.33. The van der Waals surface area contributed by atoms with Gasteiger partial charge in [0, 0.05) is 19.7 Å². The highest BCUT2D eigenvalue weighted by Crippen LogP contribution is 2.02. The van der Waals surface area contributed by atoms with Crippen LogP contribution in [0.3, 0.4) is 0 Å². The van der Waals surface area contributed by atoms with E-state index in [0.29, 0.717) is 0 Å². The fourth-order valence-electron chi connectivity index (χ4n) is 1.65. The normalized spacial score (nSPS) is 11.0. The van der Waals surface area contributed by atoms with Crippen LogP contribution < -0.4 is 5.73 Å². The number of unbranched alkanes of at least 4 members (excludes halogenated alkanes) is 1. The molecule has 0 saturated heterocycles. The molecule has 0 unspecified atom stereocenters. The van der Waals surface area contributed by atoms with Crippen molar-refractivity contribution in [3.8, 4) is 0 Å². The number of likely N-dealkylation sites (N-methyl/N-ethyl adjacent to an activating group) is 1. The predicted molar refractivity (Wildman–Crippen MR) is 71.9 cm³/mol. The van der Waals surface area contributed by atoms with Crippen LogP contribution in [0.25, 0.3) is 0 Å². The average Bonchev–Trinajstić information content (AvgIpc) is 2.35. The number of rotatable bonds is 9.